The van der Waals surface area contributed by atoms with Crippen molar-refractivity contribution in [3.05, 3.63) is 35.9 Å². The van der Waals surface area contributed by atoms with Gasteiger partial charge in [-0.15, -0.1) is 0 Å². The van der Waals surface area contributed by atoms with E-state index in [0.717, 1.165) is 5.56 Å². The molecule has 0 fully saturated rings. The monoisotopic (exact) mass is 338 g/mol. The van der Waals surface area contributed by atoms with Crippen LogP contribution in [0.15, 0.2) is 30.3 Å². The Balaban J connectivity index is 2.73. The highest BCUT2D eigenvalue weighted by Gasteiger charge is 2.25. The SMILES string of the molecule is CC(C)(C)OC(=O)N[C@@H](Cc1ccccc1)C(=O)NOCC(=O)O. The topological polar surface area (TPSA) is 114 Å². The molecular formula is C16H22N2O6. The van der Waals surface area contributed by atoms with Crippen molar-refractivity contribution in [2.45, 2.75) is 38.8 Å². The molecule has 1 rings (SSSR count). The number of carboxylic acids is 1. The fourth-order valence-electron chi connectivity index (χ4n) is 1.75. The van der Waals surface area contributed by atoms with E-state index in [1.54, 1.807) is 45.0 Å². The van der Waals surface area contributed by atoms with Crippen molar-refractivity contribution >= 4 is 18.0 Å². The summed E-state index contributed by atoms with van der Waals surface area (Å²) in [6.45, 7) is 4.43. The van der Waals surface area contributed by atoms with Crippen molar-refractivity contribution in [1.29, 1.82) is 0 Å². The molecule has 1 aromatic carbocycles. The van der Waals surface area contributed by atoms with Crippen molar-refractivity contribution in [1.82, 2.24) is 10.8 Å². The second-order valence-electron chi connectivity index (χ2n) is 6.04. The predicted molar refractivity (Wildman–Crippen MR) is 85.0 cm³/mol. The van der Waals surface area contributed by atoms with E-state index in [9.17, 15) is 14.4 Å². The summed E-state index contributed by atoms with van der Waals surface area (Å²) in [7, 11) is 0. The smallest absolute Gasteiger partial charge is 0.408 e. The Morgan fingerprint density at radius 3 is 2.33 bits per heavy atom. The second kappa shape index (κ2) is 8.88. The molecule has 2 amide bonds. The van der Waals surface area contributed by atoms with Crippen molar-refractivity contribution in [3.63, 3.8) is 0 Å². The van der Waals surface area contributed by atoms with Crippen LogP contribution in [0.4, 0.5) is 4.79 Å². The van der Waals surface area contributed by atoms with Crippen LogP contribution in [-0.2, 0) is 25.6 Å². The zero-order valence-electron chi connectivity index (χ0n) is 13.9. The average Bonchev–Trinajstić information content (AvgIpc) is 2.45. The fourth-order valence-corrected chi connectivity index (χ4v) is 1.75. The number of hydrogen-bond donors (Lipinski definition) is 3. The summed E-state index contributed by atoms with van der Waals surface area (Å²) in [5.74, 6) is -1.90. The van der Waals surface area contributed by atoms with Crippen LogP contribution in [0.1, 0.15) is 26.3 Å². The van der Waals surface area contributed by atoms with Gasteiger partial charge in [-0.1, -0.05) is 30.3 Å². The molecule has 1 aromatic rings. The van der Waals surface area contributed by atoms with E-state index in [4.69, 9.17) is 9.84 Å². The number of amides is 2. The number of ether oxygens (including phenoxy) is 1. The van der Waals surface area contributed by atoms with Crippen LogP contribution in [-0.4, -0.2) is 41.3 Å². The maximum atomic E-state index is 12.1. The Morgan fingerprint density at radius 1 is 1.17 bits per heavy atom. The van der Waals surface area contributed by atoms with Crippen LogP contribution in [0.3, 0.4) is 0 Å². The molecule has 24 heavy (non-hydrogen) atoms. The highest BCUT2D eigenvalue weighted by molar-refractivity contribution is 5.85. The van der Waals surface area contributed by atoms with Gasteiger partial charge in [0, 0.05) is 6.42 Å². The molecule has 0 unspecified atom stereocenters. The second-order valence-corrected chi connectivity index (χ2v) is 6.04. The zero-order valence-corrected chi connectivity index (χ0v) is 13.9. The number of hydrogen-bond acceptors (Lipinski definition) is 5. The Hall–Kier alpha value is -2.61. The number of nitrogens with one attached hydrogen (secondary N) is 2. The number of carbonyl (C=O) groups excluding carboxylic acids is 2. The van der Waals surface area contributed by atoms with Gasteiger partial charge in [0.05, 0.1) is 0 Å². The lowest BCUT2D eigenvalue weighted by Crippen LogP contribution is -2.49. The highest BCUT2D eigenvalue weighted by Crippen LogP contribution is 2.08. The van der Waals surface area contributed by atoms with Crippen molar-refractivity contribution < 1.29 is 29.1 Å². The molecule has 0 aromatic heterocycles. The maximum absolute atomic E-state index is 12.1. The van der Waals surface area contributed by atoms with E-state index >= 15 is 0 Å². The van der Waals surface area contributed by atoms with Crippen LogP contribution in [0.5, 0.6) is 0 Å². The van der Waals surface area contributed by atoms with Gasteiger partial charge in [-0.05, 0) is 26.3 Å². The van der Waals surface area contributed by atoms with Crippen molar-refractivity contribution in [2.75, 3.05) is 6.61 Å². The molecule has 3 N–H and O–H groups in total. The summed E-state index contributed by atoms with van der Waals surface area (Å²) in [6.07, 6.45) is -0.556. The van der Waals surface area contributed by atoms with Crippen LogP contribution in [0.25, 0.3) is 0 Å². The molecule has 8 nitrogen and oxygen atoms in total. The summed E-state index contributed by atoms with van der Waals surface area (Å²) < 4.78 is 5.13. The van der Waals surface area contributed by atoms with Crippen LogP contribution < -0.4 is 10.8 Å². The first kappa shape index (κ1) is 19.4. The van der Waals surface area contributed by atoms with Crippen LogP contribution >= 0.6 is 0 Å². The molecule has 8 heteroatoms. The minimum absolute atomic E-state index is 0.197. The minimum Gasteiger partial charge on any atom is -0.479 e. The first-order valence-electron chi connectivity index (χ1n) is 7.34. The molecule has 1 atom stereocenters. The third kappa shape index (κ3) is 8.14. The van der Waals surface area contributed by atoms with Crippen molar-refractivity contribution in [2.24, 2.45) is 0 Å². The van der Waals surface area contributed by atoms with Crippen molar-refractivity contribution in [3.8, 4) is 0 Å². The van der Waals surface area contributed by atoms with Gasteiger partial charge in [-0.3, -0.25) is 9.63 Å². The van der Waals surface area contributed by atoms with Crippen LogP contribution in [0.2, 0.25) is 0 Å². The van der Waals surface area contributed by atoms with Gasteiger partial charge in [0.15, 0.2) is 6.61 Å². The summed E-state index contributed by atoms with van der Waals surface area (Å²) in [4.78, 5) is 39.0. The molecule has 0 heterocycles. The van der Waals surface area contributed by atoms with Gasteiger partial charge in [-0.2, -0.15) is 0 Å². The van der Waals surface area contributed by atoms with E-state index < -0.39 is 36.2 Å². The zero-order chi connectivity index (χ0) is 18.2. The third-order valence-electron chi connectivity index (χ3n) is 2.66. The Kier molecular flexibility index (Phi) is 7.19. The standard InChI is InChI=1S/C16H22N2O6/c1-16(2,3)24-15(22)17-12(9-11-7-5-4-6-8-11)14(21)18-23-10-13(19)20/h4-8,12H,9-10H2,1-3H3,(H,17,22)(H,18,21)(H,19,20)/t12-/m0/s1. The predicted octanol–water partition coefficient (Wildman–Crippen LogP) is 1.25. The molecule has 0 spiro atoms. The Morgan fingerprint density at radius 2 is 1.79 bits per heavy atom. The number of carboxylic acid groups (broad SMARTS) is 1. The first-order valence-corrected chi connectivity index (χ1v) is 7.34. The number of aliphatic carboxylic acids is 1. The lowest BCUT2D eigenvalue weighted by molar-refractivity contribution is -0.150. The molecule has 0 saturated carbocycles. The summed E-state index contributed by atoms with van der Waals surface area (Å²) in [5.41, 5.74) is 2.11. The number of rotatable bonds is 7. The summed E-state index contributed by atoms with van der Waals surface area (Å²) in [6, 6.07) is 8.06. The fraction of sp³-hybridized carbons (Fsp3) is 0.438. The van der Waals surface area contributed by atoms with E-state index in [1.165, 1.54) is 0 Å². The largest absolute Gasteiger partial charge is 0.479 e. The summed E-state index contributed by atoms with van der Waals surface area (Å²) in [5, 5.41) is 11.0. The van der Waals surface area contributed by atoms with Gasteiger partial charge >= 0.3 is 12.1 Å². The molecule has 0 bridgehead atoms. The molecule has 0 aliphatic rings. The van der Waals surface area contributed by atoms with Gasteiger partial charge in [0.25, 0.3) is 5.91 Å². The normalized spacial score (nSPS) is 12.1. The Labute approximate surface area is 140 Å². The maximum Gasteiger partial charge on any atom is 0.408 e. The third-order valence-corrected chi connectivity index (χ3v) is 2.66. The molecule has 0 saturated heterocycles. The van der Waals surface area contributed by atoms with Gasteiger partial charge < -0.3 is 15.2 Å². The molecule has 132 valence electrons. The molecular weight excluding hydrogens is 316 g/mol. The van der Waals surface area contributed by atoms with E-state index in [-0.39, 0.29) is 6.42 Å². The van der Waals surface area contributed by atoms with Crippen LogP contribution in [0, 0.1) is 0 Å². The van der Waals surface area contributed by atoms with Gasteiger partial charge in [0.2, 0.25) is 0 Å². The van der Waals surface area contributed by atoms with E-state index in [1.807, 2.05) is 11.5 Å². The number of carbonyl (C=O) groups is 3. The molecule has 0 radical (unpaired) electrons. The highest BCUT2D eigenvalue weighted by atomic mass is 16.7. The first-order chi connectivity index (χ1) is 11.2. The average molecular weight is 338 g/mol. The summed E-state index contributed by atoms with van der Waals surface area (Å²) >= 11 is 0. The van der Waals surface area contributed by atoms with E-state index in [0.29, 0.717) is 0 Å². The number of alkyl carbamates (subject to hydrolysis) is 1. The number of benzene rings is 1. The molecule has 0 aliphatic carbocycles. The lowest BCUT2D eigenvalue weighted by atomic mass is 10.1. The van der Waals surface area contributed by atoms with Gasteiger partial charge in [0.1, 0.15) is 11.6 Å². The number of hydroxylamine groups is 1. The van der Waals surface area contributed by atoms with Gasteiger partial charge in [-0.25, -0.2) is 15.1 Å². The minimum atomic E-state index is -1.23. The lowest BCUT2D eigenvalue weighted by Gasteiger charge is -2.23. The molecule has 0 aliphatic heterocycles. The van der Waals surface area contributed by atoms with E-state index in [2.05, 4.69) is 10.2 Å². The Bertz CT molecular complexity index is 568. The quantitative estimate of drug-likeness (QED) is 0.645.